The zero-order chi connectivity index (χ0) is 14.6. The number of hydrogen-bond acceptors (Lipinski definition) is 4. The van der Waals surface area contributed by atoms with Gasteiger partial charge in [-0.2, -0.15) is 9.57 Å². The molecule has 0 radical (unpaired) electrons. The van der Waals surface area contributed by atoms with E-state index >= 15 is 0 Å². The first-order valence-corrected chi connectivity index (χ1v) is 7.18. The quantitative estimate of drug-likeness (QED) is 0.834. The monoisotopic (exact) mass is 285 g/mol. The summed E-state index contributed by atoms with van der Waals surface area (Å²) in [5.74, 6) is -0.670. The Bertz CT molecular complexity index is 593. The Labute approximate surface area is 112 Å². The summed E-state index contributed by atoms with van der Waals surface area (Å²) in [7, 11) is -3.91. The topological polar surface area (TPSA) is 87.2 Å². The molecule has 0 heterocycles. The van der Waals surface area contributed by atoms with Crippen molar-refractivity contribution < 1.29 is 12.8 Å². The molecule has 19 heavy (non-hydrogen) atoms. The number of anilines is 1. The highest BCUT2D eigenvalue weighted by molar-refractivity contribution is 7.89. The third-order valence-electron chi connectivity index (χ3n) is 2.58. The molecule has 0 saturated carbocycles. The van der Waals surface area contributed by atoms with Gasteiger partial charge in [-0.25, -0.2) is 12.8 Å². The Morgan fingerprint density at radius 1 is 1.47 bits per heavy atom. The molecule has 0 bridgehead atoms. The summed E-state index contributed by atoms with van der Waals surface area (Å²) in [6, 6.07) is 4.75. The molecule has 0 aliphatic rings. The Hall–Kier alpha value is -1.65. The second kappa shape index (κ2) is 5.99. The van der Waals surface area contributed by atoms with Crippen LogP contribution in [0.15, 0.2) is 23.1 Å². The van der Waals surface area contributed by atoms with Crippen LogP contribution in [-0.4, -0.2) is 25.3 Å². The fourth-order valence-corrected chi connectivity index (χ4v) is 3.44. The third kappa shape index (κ3) is 3.43. The first-order chi connectivity index (χ1) is 8.80. The summed E-state index contributed by atoms with van der Waals surface area (Å²) in [4.78, 5) is -0.265. The highest BCUT2D eigenvalue weighted by Gasteiger charge is 2.28. The van der Waals surface area contributed by atoms with Crippen molar-refractivity contribution in [2.24, 2.45) is 0 Å². The smallest absolute Gasteiger partial charge is 0.245 e. The second-order valence-corrected chi connectivity index (χ2v) is 6.16. The van der Waals surface area contributed by atoms with Gasteiger partial charge < -0.3 is 5.73 Å². The highest BCUT2D eigenvalue weighted by Crippen LogP contribution is 2.24. The Kier molecular flexibility index (Phi) is 4.86. The third-order valence-corrected chi connectivity index (χ3v) is 4.71. The largest absolute Gasteiger partial charge is 0.398 e. The Morgan fingerprint density at radius 3 is 2.63 bits per heavy atom. The van der Waals surface area contributed by atoms with Crippen LogP contribution >= 0.6 is 0 Å². The molecule has 0 aliphatic heterocycles. The van der Waals surface area contributed by atoms with Gasteiger partial charge in [0.05, 0.1) is 11.8 Å². The van der Waals surface area contributed by atoms with Crippen LogP contribution in [0.5, 0.6) is 0 Å². The van der Waals surface area contributed by atoms with E-state index in [1.54, 1.807) is 13.8 Å². The molecule has 0 unspecified atom stereocenters. The summed E-state index contributed by atoms with van der Waals surface area (Å²) >= 11 is 0. The average Bonchev–Trinajstić information content (AvgIpc) is 2.32. The molecule has 5 nitrogen and oxygen atoms in total. The molecule has 0 amide bonds. The maximum atomic E-state index is 13.2. The molecular formula is C12H16FN3O2S. The van der Waals surface area contributed by atoms with Gasteiger partial charge in [0, 0.05) is 19.0 Å². The zero-order valence-corrected chi connectivity index (χ0v) is 11.6. The average molecular weight is 285 g/mol. The van der Waals surface area contributed by atoms with Crippen molar-refractivity contribution in [3.63, 3.8) is 0 Å². The van der Waals surface area contributed by atoms with Crippen LogP contribution < -0.4 is 5.73 Å². The molecular weight excluding hydrogens is 269 g/mol. The molecule has 1 aromatic carbocycles. The van der Waals surface area contributed by atoms with Crippen molar-refractivity contribution in [1.82, 2.24) is 4.31 Å². The molecule has 0 spiro atoms. The predicted octanol–water partition coefficient (Wildman–Crippen LogP) is 1.72. The van der Waals surface area contributed by atoms with Gasteiger partial charge in [0.25, 0.3) is 0 Å². The number of benzene rings is 1. The van der Waals surface area contributed by atoms with E-state index in [2.05, 4.69) is 0 Å². The van der Waals surface area contributed by atoms with Crippen LogP contribution in [-0.2, 0) is 10.0 Å². The summed E-state index contributed by atoms with van der Waals surface area (Å²) < 4.78 is 39.2. The van der Waals surface area contributed by atoms with Crippen molar-refractivity contribution in [2.45, 2.75) is 31.2 Å². The normalized spacial score (nSPS) is 11.8. The SMILES string of the molecule is CC(C)N(CCC#N)S(=O)(=O)c1cc(F)ccc1N. The van der Waals surface area contributed by atoms with Crippen molar-refractivity contribution in [3.8, 4) is 6.07 Å². The van der Waals surface area contributed by atoms with Crippen LogP contribution in [0, 0.1) is 17.1 Å². The van der Waals surface area contributed by atoms with Crippen molar-refractivity contribution in [1.29, 1.82) is 5.26 Å². The Morgan fingerprint density at radius 2 is 2.11 bits per heavy atom. The van der Waals surface area contributed by atoms with Crippen molar-refractivity contribution >= 4 is 15.7 Å². The van der Waals surface area contributed by atoms with E-state index in [1.165, 1.54) is 6.07 Å². The standard InChI is InChI=1S/C12H16FN3O2S/c1-9(2)16(7-3-6-14)19(17,18)12-8-10(13)4-5-11(12)15/h4-5,8-9H,3,7,15H2,1-2H3. The van der Waals surface area contributed by atoms with E-state index in [0.717, 1.165) is 16.4 Å². The Balaban J connectivity index is 3.27. The lowest BCUT2D eigenvalue weighted by molar-refractivity contribution is 0.360. The van der Waals surface area contributed by atoms with Crippen LogP contribution in [0.1, 0.15) is 20.3 Å². The summed E-state index contributed by atoms with van der Waals surface area (Å²) in [6.45, 7) is 3.42. The highest BCUT2D eigenvalue weighted by atomic mass is 32.2. The number of nitrogens with two attached hydrogens (primary N) is 1. The van der Waals surface area contributed by atoms with E-state index in [4.69, 9.17) is 11.0 Å². The van der Waals surface area contributed by atoms with Crippen LogP contribution in [0.2, 0.25) is 0 Å². The van der Waals surface area contributed by atoms with Gasteiger partial charge in [0.15, 0.2) is 0 Å². The molecule has 1 aromatic rings. The number of nitriles is 1. The van der Waals surface area contributed by atoms with Crippen molar-refractivity contribution in [3.05, 3.63) is 24.0 Å². The lowest BCUT2D eigenvalue weighted by Gasteiger charge is -2.25. The fourth-order valence-electron chi connectivity index (χ4n) is 1.67. The number of nitrogens with zero attached hydrogens (tertiary/aromatic N) is 2. The van der Waals surface area contributed by atoms with E-state index in [0.29, 0.717) is 0 Å². The molecule has 0 atom stereocenters. The van der Waals surface area contributed by atoms with Crippen molar-refractivity contribution in [2.75, 3.05) is 12.3 Å². The zero-order valence-electron chi connectivity index (χ0n) is 10.8. The van der Waals surface area contributed by atoms with Gasteiger partial charge in [-0.3, -0.25) is 0 Å². The minimum atomic E-state index is -3.91. The van der Waals surface area contributed by atoms with Crippen LogP contribution in [0.25, 0.3) is 0 Å². The van der Waals surface area contributed by atoms with Crippen LogP contribution in [0.4, 0.5) is 10.1 Å². The number of rotatable bonds is 5. The lowest BCUT2D eigenvalue weighted by atomic mass is 10.3. The predicted molar refractivity (Wildman–Crippen MR) is 70.1 cm³/mol. The molecule has 0 aliphatic carbocycles. The van der Waals surface area contributed by atoms with E-state index in [1.807, 2.05) is 6.07 Å². The van der Waals surface area contributed by atoms with Gasteiger partial charge in [0.1, 0.15) is 10.7 Å². The van der Waals surface area contributed by atoms with Gasteiger partial charge >= 0.3 is 0 Å². The summed E-state index contributed by atoms with van der Waals surface area (Å²) in [6.07, 6.45) is 0.0621. The first-order valence-electron chi connectivity index (χ1n) is 5.74. The summed E-state index contributed by atoms with van der Waals surface area (Å²) in [5, 5.41) is 8.58. The fraction of sp³-hybridized carbons (Fsp3) is 0.417. The minimum absolute atomic E-state index is 0.0102. The van der Waals surface area contributed by atoms with Crippen LogP contribution in [0.3, 0.4) is 0 Å². The number of halogens is 1. The van der Waals surface area contributed by atoms with E-state index in [-0.39, 0.29) is 29.6 Å². The van der Waals surface area contributed by atoms with E-state index < -0.39 is 15.8 Å². The second-order valence-electron chi connectivity index (χ2n) is 4.30. The molecule has 1 rings (SSSR count). The van der Waals surface area contributed by atoms with Gasteiger partial charge in [-0.1, -0.05) is 0 Å². The molecule has 7 heteroatoms. The molecule has 0 fully saturated rings. The van der Waals surface area contributed by atoms with E-state index in [9.17, 15) is 12.8 Å². The van der Waals surface area contributed by atoms with Gasteiger partial charge in [-0.15, -0.1) is 0 Å². The summed E-state index contributed by atoms with van der Waals surface area (Å²) in [5.41, 5.74) is 5.59. The molecule has 2 N–H and O–H groups in total. The molecule has 0 saturated heterocycles. The minimum Gasteiger partial charge on any atom is -0.398 e. The molecule has 104 valence electrons. The van der Waals surface area contributed by atoms with Gasteiger partial charge in [0.2, 0.25) is 10.0 Å². The van der Waals surface area contributed by atoms with Gasteiger partial charge in [-0.05, 0) is 32.0 Å². The lowest BCUT2D eigenvalue weighted by Crippen LogP contribution is -2.38. The maximum absolute atomic E-state index is 13.2. The number of nitrogen functional groups attached to an aromatic ring is 1. The first kappa shape index (κ1) is 15.4. The number of hydrogen-bond donors (Lipinski definition) is 1. The number of sulfonamides is 1. The maximum Gasteiger partial charge on any atom is 0.245 e. The molecule has 0 aromatic heterocycles.